The number of aliphatic imine (C=N–C) groups is 1. The molecule has 1 unspecified atom stereocenters. The summed E-state index contributed by atoms with van der Waals surface area (Å²) in [6, 6.07) is 3.91. The van der Waals surface area contributed by atoms with Crippen LogP contribution in [0.3, 0.4) is 0 Å². The van der Waals surface area contributed by atoms with E-state index < -0.39 is 0 Å². The molecule has 7 nitrogen and oxygen atoms in total. The molecule has 0 aliphatic carbocycles. The second-order valence-electron chi connectivity index (χ2n) is 7.38. The van der Waals surface area contributed by atoms with Crippen LogP contribution >= 0.6 is 24.0 Å². The predicted molar refractivity (Wildman–Crippen MR) is 125 cm³/mol. The zero-order valence-corrected chi connectivity index (χ0v) is 20.0. The van der Waals surface area contributed by atoms with Gasteiger partial charge in [0.15, 0.2) is 5.96 Å². The number of halogens is 1. The van der Waals surface area contributed by atoms with E-state index >= 15 is 0 Å². The zero-order chi connectivity index (χ0) is 19.6. The van der Waals surface area contributed by atoms with Crippen LogP contribution in [0.2, 0.25) is 0 Å². The monoisotopic (exact) mass is 518 g/mol. The Morgan fingerprint density at radius 1 is 1.31 bits per heavy atom. The Morgan fingerprint density at radius 2 is 2.14 bits per heavy atom. The molecule has 0 saturated carbocycles. The summed E-state index contributed by atoms with van der Waals surface area (Å²) in [5.74, 6) is 1.59. The first-order valence-electron chi connectivity index (χ1n) is 10.5. The van der Waals surface area contributed by atoms with Gasteiger partial charge in [-0.15, -0.1) is 24.0 Å². The van der Waals surface area contributed by atoms with Gasteiger partial charge in [0.05, 0.1) is 32.5 Å². The van der Waals surface area contributed by atoms with E-state index in [1.165, 1.54) is 12.8 Å². The summed E-state index contributed by atoms with van der Waals surface area (Å²) in [4.78, 5) is 11.3. The minimum Gasteiger partial charge on any atom is -0.481 e. The number of piperidine rings is 1. The highest BCUT2D eigenvalue weighted by Crippen LogP contribution is 2.18. The number of likely N-dealkylation sites (tertiary alicyclic amines) is 1. The first kappa shape index (κ1) is 24.1. The van der Waals surface area contributed by atoms with Gasteiger partial charge >= 0.3 is 0 Å². The third-order valence-electron chi connectivity index (χ3n) is 5.29. The van der Waals surface area contributed by atoms with Crippen LogP contribution in [0, 0.1) is 0 Å². The molecular formula is C21H35IN4O3. The molecule has 0 aromatic carbocycles. The number of nitrogens with one attached hydrogen (secondary N) is 1. The Bertz CT molecular complexity index is 618. The topological polar surface area (TPSA) is 68.2 Å². The largest absolute Gasteiger partial charge is 0.481 e. The van der Waals surface area contributed by atoms with Crippen LogP contribution in [0.4, 0.5) is 0 Å². The van der Waals surface area contributed by atoms with Crippen LogP contribution in [0.5, 0.6) is 5.88 Å². The van der Waals surface area contributed by atoms with Crippen LogP contribution in [0.25, 0.3) is 0 Å². The molecule has 2 fully saturated rings. The van der Waals surface area contributed by atoms with E-state index in [-0.39, 0.29) is 24.0 Å². The number of ether oxygens (including phenoxy) is 3. The smallest absolute Gasteiger partial charge is 0.213 e. The molecule has 0 amide bonds. The highest BCUT2D eigenvalue weighted by molar-refractivity contribution is 14.0. The van der Waals surface area contributed by atoms with Gasteiger partial charge in [0, 0.05) is 38.5 Å². The molecule has 0 radical (unpaired) electrons. The molecule has 1 aromatic rings. The van der Waals surface area contributed by atoms with Crippen molar-refractivity contribution in [3.8, 4) is 5.88 Å². The van der Waals surface area contributed by atoms with Crippen LogP contribution in [-0.2, 0) is 16.0 Å². The minimum absolute atomic E-state index is 0. The summed E-state index contributed by atoms with van der Waals surface area (Å²) in [5.41, 5.74) is 1.09. The Balaban J connectivity index is 0.00000300. The normalized spacial score (nSPS) is 20.8. The number of methoxy groups -OCH3 is 1. The molecule has 3 heterocycles. The molecule has 164 valence electrons. The number of nitrogens with zero attached hydrogens (tertiary/aromatic N) is 3. The van der Waals surface area contributed by atoms with E-state index in [1.54, 1.807) is 13.3 Å². The van der Waals surface area contributed by atoms with Crippen molar-refractivity contribution in [3.05, 3.63) is 23.9 Å². The van der Waals surface area contributed by atoms with Crippen molar-refractivity contribution in [3.63, 3.8) is 0 Å². The summed E-state index contributed by atoms with van der Waals surface area (Å²) in [5, 5.41) is 3.42. The SMILES string of the molecule is CCNC(=NCc1ccnc(OC)c1)N1CCC(OCC2CCCCO2)CC1.I. The van der Waals surface area contributed by atoms with Crippen LogP contribution < -0.4 is 10.1 Å². The second kappa shape index (κ2) is 13.2. The van der Waals surface area contributed by atoms with Gasteiger partial charge in [-0.1, -0.05) is 0 Å². The third kappa shape index (κ3) is 7.90. The van der Waals surface area contributed by atoms with Gasteiger partial charge in [-0.05, 0) is 50.7 Å². The summed E-state index contributed by atoms with van der Waals surface area (Å²) in [6.07, 6.45) is 8.02. The molecule has 29 heavy (non-hydrogen) atoms. The minimum atomic E-state index is 0. The Morgan fingerprint density at radius 3 is 2.83 bits per heavy atom. The highest BCUT2D eigenvalue weighted by atomic mass is 127. The quantitative estimate of drug-likeness (QED) is 0.340. The molecule has 8 heteroatoms. The number of hydrogen-bond donors (Lipinski definition) is 1. The Labute approximate surface area is 191 Å². The molecule has 2 aliphatic rings. The Hall–Kier alpha value is -1.13. The average Bonchev–Trinajstić information content (AvgIpc) is 2.76. The molecule has 3 rings (SSSR count). The van der Waals surface area contributed by atoms with Crippen molar-refractivity contribution in [2.75, 3.05) is 40.0 Å². The van der Waals surface area contributed by atoms with E-state index in [0.29, 0.717) is 24.6 Å². The fourth-order valence-electron chi connectivity index (χ4n) is 3.67. The zero-order valence-electron chi connectivity index (χ0n) is 17.6. The van der Waals surface area contributed by atoms with Crippen molar-refractivity contribution in [2.45, 2.75) is 57.8 Å². The molecule has 1 aromatic heterocycles. The van der Waals surface area contributed by atoms with Gasteiger partial charge in [-0.2, -0.15) is 0 Å². The number of rotatable bonds is 7. The fourth-order valence-corrected chi connectivity index (χ4v) is 3.67. The lowest BCUT2D eigenvalue weighted by molar-refractivity contribution is -0.0721. The van der Waals surface area contributed by atoms with Gasteiger partial charge in [-0.25, -0.2) is 9.98 Å². The van der Waals surface area contributed by atoms with Gasteiger partial charge in [-0.3, -0.25) is 0 Å². The summed E-state index contributed by atoms with van der Waals surface area (Å²) < 4.78 is 17.1. The maximum Gasteiger partial charge on any atom is 0.213 e. The van der Waals surface area contributed by atoms with Crippen LogP contribution in [0.15, 0.2) is 23.3 Å². The van der Waals surface area contributed by atoms with Gasteiger partial charge < -0.3 is 24.4 Å². The fraction of sp³-hybridized carbons (Fsp3) is 0.714. The van der Waals surface area contributed by atoms with E-state index in [1.807, 2.05) is 12.1 Å². The van der Waals surface area contributed by atoms with Crippen molar-refractivity contribution in [1.29, 1.82) is 0 Å². The van der Waals surface area contributed by atoms with E-state index in [4.69, 9.17) is 19.2 Å². The molecule has 1 N–H and O–H groups in total. The third-order valence-corrected chi connectivity index (χ3v) is 5.29. The Kier molecular flexibility index (Phi) is 11.0. The lowest BCUT2D eigenvalue weighted by Gasteiger charge is -2.35. The first-order valence-corrected chi connectivity index (χ1v) is 10.5. The molecule has 0 bridgehead atoms. The van der Waals surface area contributed by atoms with Gasteiger partial charge in [0.25, 0.3) is 0 Å². The lowest BCUT2D eigenvalue weighted by Crippen LogP contribution is -2.47. The van der Waals surface area contributed by atoms with E-state index in [2.05, 4.69) is 22.1 Å². The summed E-state index contributed by atoms with van der Waals surface area (Å²) >= 11 is 0. The average molecular weight is 518 g/mol. The number of guanidine groups is 1. The van der Waals surface area contributed by atoms with Crippen LogP contribution in [-0.4, -0.2) is 68.0 Å². The van der Waals surface area contributed by atoms with Crippen molar-refractivity contribution in [2.24, 2.45) is 4.99 Å². The molecule has 1 atom stereocenters. The van der Waals surface area contributed by atoms with Gasteiger partial charge in [0.2, 0.25) is 5.88 Å². The number of pyridine rings is 1. The predicted octanol–water partition coefficient (Wildman–Crippen LogP) is 3.22. The van der Waals surface area contributed by atoms with Crippen molar-refractivity contribution < 1.29 is 14.2 Å². The molecule has 2 saturated heterocycles. The van der Waals surface area contributed by atoms with E-state index in [9.17, 15) is 0 Å². The number of aromatic nitrogens is 1. The maximum atomic E-state index is 6.13. The van der Waals surface area contributed by atoms with Crippen LogP contribution in [0.1, 0.15) is 44.6 Å². The molecule has 0 spiro atoms. The van der Waals surface area contributed by atoms with Gasteiger partial charge in [0.1, 0.15) is 0 Å². The maximum absolute atomic E-state index is 6.13. The number of hydrogen-bond acceptors (Lipinski definition) is 5. The van der Waals surface area contributed by atoms with E-state index in [0.717, 1.165) is 63.6 Å². The lowest BCUT2D eigenvalue weighted by atomic mass is 10.1. The second-order valence-corrected chi connectivity index (χ2v) is 7.38. The molecule has 2 aliphatic heterocycles. The first-order chi connectivity index (χ1) is 13.8. The standard InChI is InChI=1S/C21H34N4O3.HI/c1-3-22-21(24-15-17-7-10-23-20(14-17)26-2)25-11-8-18(9-12-25)28-16-19-6-4-5-13-27-19;/h7,10,14,18-19H,3-6,8-9,11-13,15-16H2,1-2H3,(H,22,24);1H. The molecular weight excluding hydrogens is 483 g/mol. The van der Waals surface area contributed by atoms with Crippen molar-refractivity contribution in [1.82, 2.24) is 15.2 Å². The summed E-state index contributed by atoms with van der Waals surface area (Å²) in [6.45, 7) is 7.11. The summed E-state index contributed by atoms with van der Waals surface area (Å²) in [7, 11) is 1.63. The van der Waals surface area contributed by atoms with Crippen molar-refractivity contribution >= 4 is 29.9 Å². The highest BCUT2D eigenvalue weighted by Gasteiger charge is 2.23.